The highest BCUT2D eigenvalue weighted by Gasteiger charge is 2.15. The normalized spacial score (nSPS) is 12.3. The fourth-order valence-corrected chi connectivity index (χ4v) is 2.91. The van der Waals surface area contributed by atoms with Crippen molar-refractivity contribution in [1.82, 2.24) is 10.0 Å². The average Bonchev–Trinajstić information content (AvgIpc) is 2.41. The molecule has 1 aromatic carbocycles. The van der Waals surface area contributed by atoms with Gasteiger partial charge in [0.15, 0.2) is 6.61 Å². The van der Waals surface area contributed by atoms with Gasteiger partial charge in [-0.1, -0.05) is 20.8 Å². The lowest BCUT2D eigenvalue weighted by Crippen LogP contribution is -2.35. The number of amides is 1. The van der Waals surface area contributed by atoms with Gasteiger partial charge in [-0.3, -0.25) is 4.79 Å². The molecule has 0 aliphatic rings. The average molecular weight is 342 g/mol. The lowest BCUT2D eigenvalue weighted by Gasteiger charge is -2.18. The standard InChI is InChI=1S/C16H26N2O4S/c1-12(2)18-23(20,21)14-8-6-13(7-9-14)22-10-15(19)17-11-16(3,4)5/h6-9,12,18H,10-11H2,1-5H3,(H,17,19). The first-order valence-electron chi connectivity index (χ1n) is 7.51. The molecule has 0 aromatic heterocycles. The smallest absolute Gasteiger partial charge is 0.257 e. The lowest BCUT2D eigenvalue weighted by atomic mass is 9.97. The number of hydrogen-bond acceptors (Lipinski definition) is 4. The van der Waals surface area contributed by atoms with Gasteiger partial charge in [0, 0.05) is 12.6 Å². The van der Waals surface area contributed by atoms with Gasteiger partial charge in [0.25, 0.3) is 5.91 Å². The molecule has 0 bridgehead atoms. The van der Waals surface area contributed by atoms with Crippen molar-refractivity contribution < 1.29 is 17.9 Å². The Bertz CT molecular complexity index is 616. The third-order valence-electron chi connectivity index (χ3n) is 2.71. The molecule has 1 aromatic rings. The van der Waals surface area contributed by atoms with Crippen LogP contribution in [0.25, 0.3) is 0 Å². The van der Waals surface area contributed by atoms with Crippen molar-refractivity contribution in [2.24, 2.45) is 5.41 Å². The van der Waals surface area contributed by atoms with E-state index in [2.05, 4.69) is 10.0 Å². The first-order chi connectivity index (χ1) is 10.5. The van der Waals surface area contributed by atoms with Crippen LogP contribution in [0.5, 0.6) is 5.75 Å². The van der Waals surface area contributed by atoms with Gasteiger partial charge in [0.2, 0.25) is 10.0 Å². The van der Waals surface area contributed by atoms with Crippen LogP contribution < -0.4 is 14.8 Å². The minimum absolute atomic E-state index is 0.00901. The summed E-state index contributed by atoms with van der Waals surface area (Å²) >= 11 is 0. The van der Waals surface area contributed by atoms with Gasteiger partial charge in [-0.25, -0.2) is 13.1 Å². The van der Waals surface area contributed by atoms with E-state index < -0.39 is 10.0 Å². The Kier molecular flexibility index (Phi) is 6.58. The van der Waals surface area contributed by atoms with Crippen LogP contribution in [-0.2, 0) is 14.8 Å². The predicted octanol–water partition coefficient (Wildman–Crippen LogP) is 1.91. The van der Waals surface area contributed by atoms with Crippen LogP contribution in [0.3, 0.4) is 0 Å². The molecule has 1 amide bonds. The lowest BCUT2D eigenvalue weighted by molar-refractivity contribution is -0.123. The highest BCUT2D eigenvalue weighted by molar-refractivity contribution is 7.89. The van der Waals surface area contributed by atoms with Crippen molar-refractivity contribution in [2.45, 2.75) is 45.6 Å². The van der Waals surface area contributed by atoms with Crippen LogP contribution in [-0.4, -0.2) is 33.5 Å². The van der Waals surface area contributed by atoms with Crippen molar-refractivity contribution in [3.63, 3.8) is 0 Å². The van der Waals surface area contributed by atoms with E-state index in [1.807, 2.05) is 20.8 Å². The van der Waals surface area contributed by atoms with E-state index in [-0.39, 0.29) is 28.9 Å². The van der Waals surface area contributed by atoms with Crippen molar-refractivity contribution in [3.8, 4) is 5.75 Å². The Labute approximate surface area is 138 Å². The minimum atomic E-state index is -3.52. The Morgan fingerprint density at radius 3 is 2.22 bits per heavy atom. The summed E-state index contributed by atoms with van der Waals surface area (Å²) in [4.78, 5) is 11.8. The van der Waals surface area contributed by atoms with E-state index in [1.54, 1.807) is 13.8 Å². The molecule has 6 nitrogen and oxygen atoms in total. The van der Waals surface area contributed by atoms with E-state index in [4.69, 9.17) is 4.74 Å². The molecule has 130 valence electrons. The molecule has 0 aliphatic carbocycles. The summed E-state index contributed by atoms with van der Waals surface area (Å²) in [6.07, 6.45) is 0. The second kappa shape index (κ2) is 7.79. The van der Waals surface area contributed by atoms with Gasteiger partial charge < -0.3 is 10.1 Å². The maximum absolute atomic E-state index is 12.0. The molecule has 0 saturated carbocycles. The second-order valence-electron chi connectivity index (χ2n) is 6.87. The number of hydrogen-bond donors (Lipinski definition) is 2. The van der Waals surface area contributed by atoms with E-state index in [9.17, 15) is 13.2 Å². The summed E-state index contributed by atoms with van der Waals surface area (Å²) in [6, 6.07) is 5.79. The molecule has 1 rings (SSSR count). The molecule has 0 spiro atoms. The van der Waals surface area contributed by atoms with E-state index >= 15 is 0 Å². The number of benzene rings is 1. The van der Waals surface area contributed by atoms with Crippen molar-refractivity contribution in [2.75, 3.05) is 13.2 Å². The summed E-state index contributed by atoms with van der Waals surface area (Å²) in [5.74, 6) is 0.234. The van der Waals surface area contributed by atoms with Gasteiger partial charge in [0.1, 0.15) is 5.75 Å². The molecule has 23 heavy (non-hydrogen) atoms. The first kappa shape index (κ1) is 19.4. The zero-order valence-corrected chi connectivity index (χ0v) is 15.2. The molecule has 0 radical (unpaired) electrons. The molecule has 0 aliphatic heterocycles. The van der Waals surface area contributed by atoms with E-state index in [0.29, 0.717) is 12.3 Å². The van der Waals surface area contributed by atoms with Crippen LogP contribution in [0, 0.1) is 5.41 Å². The number of carbonyl (C=O) groups excluding carboxylic acids is 1. The molecule has 2 N–H and O–H groups in total. The summed E-state index contributed by atoms with van der Waals surface area (Å²) in [7, 11) is -3.52. The van der Waals surface area contributed by atoms with Gasteiger partial charge in [-0.05, 0) is 43.5 Å². The van der Waals surface area contributed by atoms with Gasteiger partial charge in [-0.2, -0.15) is 0 Å². The maximum atomic E-state index is 12.0. The topological polar surface area (TPSA) is 84.5 Å². The molecule has 0 fully saturated rings. The van der Waals surface area contributed by atoms with Crippen molar-refractivity contribution in [1.29, 1.82) is 0 Å². The first-order valence-corrected chi connectivity index (χ1v) is 9.00. The Balaban J connectivity index is 2.56. The van der Waals surface area contributed by atoms with Crippen LogP contribution in [0.4, 0.5) is 0 Å². The highest BCUT2D eigenvalue weighted by Crippen LogP contribution is 2.16. The van der Waals surface area contributed by atoms with E-state index in [0.717, 1.165) is 0 Å². The molecule has 0 atom stereocenters. The number of rotatable bonds is 7. The Hall–Kier alpha value is -1.60. The van der Waals surface area contributed by atoms with Crippen LogP contribution in [0.1, 0.15) is 34.6 Å². The molecular weight excluding hydrogens is 316 g/mol. The van der Waals surface area contributed by atoms with Gasteiger partial charge >= 0.3 is 0 Å². The Morgan fingerprint density at radius 1 is 1.17 bits per heavy atom. The summed E-state index contributed by atoms with van der Waals surface area (Å²) in [5.41, 5.74) is 0.00901. The largest absolute Gasteiger partial charge is 0.484 e. The third kappa shape index (κ3) is 7.47. The fraction of sp³-hybridized carbons (Fsp3) is 0.562. The maximum Gasteiger partial charge on any atom is 0.257 e. The van der Waals surface area contributed by atoms with Crippen molar-refractivity contribution in [3.05, 3.63) is 24.3 Å². The summed E-state index contributed by atoms with van der Waals surface area (Å²) < 4.78 is 31.8. The molecule has 0 unspecified atom stereocenters. The number of sulfonamides is 1. The summed E-state index contributed by atoms with van der Waals surface area (Å²) in [6.45, 7) is 10.0. The third-order valence-corrected chi connectivity index (χ3v) is 4.39. The molecular formula is C16H26N2O4S. The molecule has 0 heterocycles. The van der Waals surface area contributed by atoms with E-state index in [1.165, 1.54) is 24.3 Å². The zero-order valence-electron chi connectivity index (χ0n) is 14.3. The SMILES string of the molecule is CC(C)NS(=O)(=O)c1ccc(OCC(=O)NCC(C)(C)C)cc1. The van der Waals surface area contributed by atoms with Crippen molar-refractivity contribution >= 4 is 15.9 Å². The Morgan fingerprint density at radius 2 is 1.74 bits per heavy atom. The molecule has 0 saturated heterocycles. The monoisotopic (exact) mass is 342 g/mol. The number of nitrogens with one attached hydrogen (secondary N) is 2. The second-order valence-corrected chi connectivity index (χ2v) is 8.59. The van der Waals surface area contributed by atoms with Crippen LogP contribution >= 0.6 is 0 Å². The fourth-order valence-electron chi connectivity index (χ4n) is 1.66. The predicted molar refractivity (Wildman–Crippen MR) is 89.9 cm³/mol. The highest BCUT2D eigenvalue weighted by atomic mass is 32.2. The minimum Gasteiger partial charge on any atom is -0.484 e. The van der Waals surface area contributed by atoms with Gasteiger partial charge in [-0.15, -0.1) is 0 Å². The zero-order chi connectivity index (χ0) is 17.7. The quantitative estimate of drug-likeness (QED) is 0.793. The summed E-state index contributed by atoms with van der Waals surface area (Å²) in [5, 5.41) is 2.78. The van der Waals surface area contributed by atoms with Crippen LogP contribution in [0.15, 0.2) is 29.2 Å². The van der Waals surface area contributed by atoms with Gasteiger partial charge in [0.05, 0.1) is 4.90 Å². The number of ether oxygens (including phenoxy) is 1. The van der Waals surface area contributed by atoms with Crippen LogP contribution in [0.2, 0.25) is 0 Å². The molecule has 7 heteroatoms. The number of carbonyl (C=O) groups is 1.